The third kappa shape index (κ3) is 1.47. The van der Waals surface area contributed by atoms with Crippen molar-refractivity contribution in [3.63, 3.8) is 0 Å². The first-order valence-electron chi connectivity index (χ1n) is 3.95. The van der Waals surface area contributed by atoms with Crippen LogP contribution in [0.2, 0.25) is 0 Å². The van der Waals surface area contributed by atoms with E-state index < -0.39 is 11.2 Å². The molecule has 2 N–H and O–H groups in total. The van der Waals surface area contributed by atoms with E-state index in [1.807, 2.05) is 13.0 Å². The molecule has 0 aromatic heterocycles. The molecule has 1 aliphatic carbocycles. The van der Waals surface area contributed by atoms with E-state index in [2.05, 4.69) is 0 Å². The molecule has 0 fully saturated rings. The molecule has 1 aliphatic rings. The minimum atomic E-state index is -0.966. The van der Waals surface area contributed by atoms with Crippen molar-refractivity contribution in [3.05, 3.63) is 11.6 Å². The maximum Gasteiger partial charge on any atom is 0.0942 e. The first-order chi connectivity index (χ1) is 4.85. The molecule has 2 heteroatoms. The van der Waals surface area contributed by atoms with Crippen molar-refractivity contribution in [1.82, 2.24) is 0 Å². The summed E-state index contributed by atoms with van der Waals surface area (Å²) >= 11 is 0. The van der Waals surface area contributed by atoms with E-state index in [-0.39, 0.29) is 0 Å². The first kappa shape index (κ1) is 8.75. The van der Waals surface area contributed by atoms with Crippen molar-refractivity contribution in [2.24, 2.45) is 0 Å². The number of rotatable bonds is 0. The van der Waals surface area contributed by atoms with Crippen LogP contribution in [0.1, 0.15) is 33.6 Å². The molecule has 0 amide bonds. The summed E-state index contributed by atoms with van der Waals surface area (Å²) in [5.41, 5.74) is -0.778. The molecule has 0 spiro atoms. The van der Waals surface area contributed by atoms with Gasteiger partial charge in [0.05, 0.1) is 11.2 Å². The second-order valence-corrected chi connectivity index (χ2v) is 3.98. The van der Waals surface area contributed by atoms with Crippen LogP contribution in [0.3, 0.4) is 0 Å². The number of hydrogen-bond donors (Lipinski definition) is 2. The van der Waals surface area contributed by atoms with Gasteiger partial charge in [-0.25, -0.2) is 0 Å². The molecule has 0 bridgehead atoms. The van der Waals surface area contributed by atoms with Crippen molar-refractivity contribution in [1.29, 1.82) is 0 Å². The Bertz CT molecular complexity index is 190. The second kappa shape index (κ2) is 2.32. The highest BCUT2D eigenvalue weighted by atomic mass is 16.4. The number of aliphatic hydroxyl groups is 2. The Balaban J connectivity index is 2.89. The van der Waals surface area contributed by atoms with Crippen LogP contribution in [-0.4, -0.2) is 21.4 Å². The quantitative estimate of drug-likeness (QED) is 0.518. The Morgan fingerprint density at radius 1 is 1.27 bits per heavy atom. The van der Waals surface area contributed by atoms with E-state index >= 15 is 0 Å². The Morgan fingerprint density at radius 2 is 1.82 bits per heavy atom. The van der Waals surface area contributed by atoms with Crippen LogP contribution in [0.25, 0.3) is 0 Å². The lowest BCUT2D eigenvalue weighted by Crippen LogP contribution is -2.51. The minimum Gasteiger partial charge on any atom is -0.387 e. The topological polar surface area (TPSA) is 40.5 Å². The summed E-state index contributed by atoms with van der Waals surface area (Å²) in [6.07, 6.45) is 3.10. The first-order valence-corrected chi connectivity index (χ1v) is 3.95. The molecular formula is C9H16O2. The zero-order valence-electron chi connectivity index (χ0n) is 7.39. The maximum atomic E-state index is 9.78. The van der Waals surface area contributed by atoms with Crippen LogP contribution in [-0.2, 0) is 0 Å². The van der Waals surface area contributed by atoms with E-state index in [0.29, 0.717) is 12.8 Å². The molecule has 64 valence electrons. The van der Waals surface area contributed by atoms with Gasteiger partial charge in [0.25, 0.3) is 0 Å². The van der Waals surface area contributed by atoms with Crippen LogP contribution in [0.15, 0.2) is 11.6 Å². The van der Waals surface area contributed by atoms with Crippen molar-refractivity contribution < 1.29 is 10.2 Å². The zero-order chi connectivity index (χ0) is 8.70. The Labute approximate surface area is 67.6 Å². The predicted molar refractivity (Wildman–Crippen MR) is 44.2 cm³/mol. The predicted octanol–water partition coefficient (Wildman–Crippen LogP) is 1.23. The van der Waals surface area contributed by atoms with Gasteiger partial charge in [0.1, 0.15) is 0 Å². The minimum absolute atomic E-state index is 0.547. The maximum absolute atomic E-state index is 9.78. The highest BCUT2D eigenvalue weighted by molar-refractivity contribution is 5.15. The monoisotopic (exact) mass is 156 g/mol. The molecule has 0 saturated heterocycles. The molecule has 0 unspecified atom stereocenters. The molecule has 0 aromatic carbocycles. The van der Waals surface area contributed by atoms with Crippen LogP contribution in [0.4, 0.5) is 0 Å². The standard InChI is InChI=1S/C9H16O2/c1-7-4-5-8(2,10)9(3,11)6-7/h4,10-11H,5-6H2,1-3H3/t8-,9+/m0/s1. The van der Waals surface area contributed by atoms with Gasteiger partial charge in [-0.2, -0.15) is 0 Å². The fourth-order valence-electron chi connectivity index (χ4n) is 1.40. The SMILES string of the molecule is CC1=CC[C@](C)(O)[C@](C)(O)C1. The Hall–Kier alpha value is -0.340. The van der Waals surface area contributed by atoms with Gasteiger partial charge in [0.2, 0.25) is 0 Å². The molecule has 0 radical (unpaired) electrons. The summed E-state index contributed by atoms with van der Waals surface area (Å²) in [5, 5.41) is 19.5. The van der Waals surface area contributed by atoms with E-state index in [9.17, 15) is 10.2 Å². The zero-order valence-corrected chi connectivity index (χ0v) is 7.39. The van der Waals surface area contributed by atoms with E-state index in [1.165, 1.54) is 0 Å². The lowest BCUT2D eigenvalue weighted by atomic mass is 9.75. The van der Waals surface area contributed by atoms with Gasteiger partial charge in [-0.05, 0) is 33.6 Å². The molecule has 0 saturated carbocycles. The average molecular weight is 156 g/mol. The number of hydrogen-bond acceptors (Lipinski definition) is 2. The fraction of sp³-hybridized carbons (Fsp3) is 0.778. The van der Waals surface area contributed by atoms with Gasteiger partial charge in [-0.1, -0.05) is 11.6 Å². The third-order valence-corrected chi connectivity index (χ3v) is 2.63. The van der Waals surface area contributed by atoms with Crippen molar-refractivity contribution in [3.8, 4) is 0 Å². The smallest absolute Gasteiger partial charge is 0.0942 e. The lowest BCUT2D eigenvalue weighted by Gasteiger charge is -2.41. The van der Waals surface area contributed by atoms with Crippen molar-refractivity contribution in [2.75, 3.05) is 0 Å². The third-order valence-electron chi connectivity index (χ3n) is 2.63. The molecule has 11 heavy (non-hydrogen) atoms. The van der Waals surface area contributed by atoms with Crippen LogP contribution < -0.4 is 0 Å². The van der Waals surface area contributed by atoms with Gasteiger partial charge >= 0.3 is 0 Å². The van der Waals surface area contributed by atoms with Gasteiger partial charge in [0, 0.05) is 0 Å². The highest BCUT2D eigenvalue weighted by Gasteiger charge is 2.42. The molecule has 1 rings (SSSR count). The molecule has 2 atom stereocenters. The van der Waals surface area contributed by atoms with Crippen LogP contribution >= 0.6 is 0 Å². The Morgan fingerprint density at radius 3 is 2.18 bits per heavy atom. The molecule has 0 aromatic rings. The lowest BCUT2D eigenvalue weighted by molar-refractivity contribution is -0.132. The van der Waals surface area contributed by atoms with E-state index in [4.69, 9.17) is 0 Å². The largest absolute Gasteiger partial charge is 0.387 e. The van der Waals surface area contributed by atoms with E-state index in [0.717, 1.165) is 5.57 Å². The van der Waals surface area contributed by atoms with Crippen LogP contribution in [0, 0.1) is 0 Å². The summed E-state index contributed by atoms with van der Waals surface area (Å²) < 4.78 is 0. The van der Waals surface area contributed by atoms with Crippen molar-refractivity contribution in [2.45, 2.75) is 44.8 Å². The van der Waals surface area contributed by atoms with Gasteiger partial charge in [-0.3, -0.25) is 0 Å². The van der Waals surface area contributed by atoms with E-state index in [1.54, 1.807) is 13.8 Å². The highest BCUT2D eigenvalue weighted by Crippen LogP contribution is 2.35. The summed E-state index contributed by atoms with van der Waals surface area (Å²) in [5.74, 6) is 0. The fourth-order valence-corrected chi connectivity index (χ4v) is 1.40. The van der Waals surface area contributed by atoms with Gasteiger partial charge in [0.15, 0.2) is 0 Å². The second-order valence-electron chi connectivity index (χ2n) is 3.98. The summed E-state index contributed by atoms with van der Waals surface area (Å²) in [6.45, 7) is 5.34. The normalized spacial score (nSPS) is 45.4. The average Bonchev–Trinajstić information content (AvgIpc) is 1.80. The van der Waals surface area contributed by atoms with Gasteiger partial charge < -0.3 is 10.2 Å². The summed E-state index contributed by atoms with van der Waals surface area (Å²) in [4.78, 5) is 0. The Kier molecular flexibility index (Phi) is 1.85. The molecule has 0 aliphatic heterocycles. The van der Waals surface area contributed by atoms with Crippen LogP contribution in [0.5, 0.6) is 0 Å². The molecule has 2 nitrogen and oxygen atoms in total. The van der Waals surface area contributed by atoms with Crippen molar-refractivity contribution >= 4 is 0 Å². The molecule has 0 heterocycles. The summed E-state index contributed by atoms with van der Waals surface area (Å²) in [7, 11) is 0. The van der Waals surface area contributed by atoms with Gasteiger partial charge in [-0.15, -0.1) is 0 Å². The summed E-state index contributed by atoms with van der Waals surface area (Å²) in [6, 6.07) is 0. The molecular weight excluding hydrogens is 140 g/mol.